The lowest BCUT2D eigenvalue weighted by molar-refractivity contribution is 0.0401. The fourth-order valence-electron chi connectivity index (χ4n) is 1.99. The van der Waals surface area contributed by atoms with Crippen LogP contribution in [0.15, 0.2) is 10.5 Å². The van der Waals surface area contributed by atoms with Gasteiger partial charge in [0.25, 0.3) is 0 Å². The summed E-state index contributed by atoms with van der Waals surface area (Å²) in [6, 6.07) is 2.03. The van der Waals surface area contributed by atoms with Gasteiger partial charge in [0.1, 0.15) is 11.5 Å². The van der Waals surface area contributed by atoms with Gasteiger partial charge in [-0.05, 0) is 27.0 Å². The zero-order chi connectivity index (χ0) is 13.1. The van der Waals surface area contributed by atoms with Crippen LogP contribution in [-0.2, 0) is 6.54 Å². The van der Waals surface area contributed by atoms with Crippen molar-refractivity contribution in [2.45, 2.75) is 27.3 Å². The minimum atomic E-state index is -0.457. The molecule has 0 aromatic carbocycles. The highest BCUT2D eigenvalue weighted by Crippen LogP contribution is 2.19. The van der Waals surface area contributed by atoms with Gasteiger partial charge in [0.05, 0.1) is 13.2 Å². The van der Waals surface area contributed by atoms with Gasteiger partial charge in [-0.1, -0.05) is 6.92 Å². The Morgan fingerprint density at radius 3 is 2.29 bits per heavy atom. The maximum Gasteiger partial charge on any atom is 0.105 e. The Morgan fingerprint density at radius 2 is 1.88 bits per heavy atom. The van der Waals surface area contributed by atoms with Crippen LogP contribution in [0, 0.1) is 19.3 Å². The van der Waals surface area contributed by atoms with E-state index in [1.807, 2.05) is 33.9 Å². The Morgan fingerprint density at radius 1 is 1.29 bits per heavy atom. The fraction of sp³-hybridized carbons (Fsp3) is 0.692. The molecule has 1 heterocycles. The molecule has 17 heavy (non-hydrogen) atoms. The maximum absolute atomic E-state index is 9.25. The van der Waals surface area contributed by atoms with Crippen molar-refractivity contribution < 1.29 is 14.6 Å². The first-order chi connectivity index (χ1) is 7.90. The monoisotopic (exact) mass is 241 g/mol. The molecule has 0 aliphatic heterocycles. The molecule has 0 spiro atoms. The predicted octanol–water partition coefficient (Wildman–Crippen LogP) is 1.32. The first kappa shape index (κ1) is 14.2. The molecule has 0 amide bonds. The molecule has 0 saturated carbocycles. The van der Waals surface area contributed by atoms with E-state index in [-0.39, 0.29) is 13.2 Å². The second kappa shape index (κ2) is 5.67. The molecule has 0 saturated heterocycles. The predicted molar refractivity (Wildman–Crippen MR) is 66.8 cm³/mol. The summed E-state index contributed by atoms with van der Waals surface area (Å²) in [6.45, 7) is 7.13. The topological polar surface area (TPSA) is 56.8 Å². The van der Waals surface area contributed by atoms with Crippen molar-refractivity contribution in [2.24, 2.45) is 5.41 Å². The number of aliphatic hydroxyl groups is 2. The van der Waals surface area contributed by atoms with E-state index < -0.39 is 5.41 Å². The average molecular weight is 241 g/mol. The molecule has 1 rings (SSSR count). The van der Waals surface area contributed by atoms with Crippen molar-refractivity contribution in [3.8, 4) is 0 Å². The molecule has 1 aromatic heterocycles. The van der Waals surface area contributed by atoms with Crippen molar-refractivity contribution in [2.75, 3.05) is 26.8 Å². The highest BCUT2D eigenvalue weighted by Gasteiger charge is 2.24. The van der Waals surface area contributed by atoms with E-state index in [2.05, 4.69) is 4.90 Å². The van der Waals surface area contributed by atoms with Crippen LogP contribution in [0.5, 0.6) is 0 Å². The molecule has 4 nitrogen and oxygen atoms in total. The summed E-state index contributed by atoms with van der Waals surface area (Å²) in [6.07, 6.45) is 0. The van der Waals surface area contributed by atoms with E-state index in [0.717, 1.165) is 23.6 Å². The molecule has 0 radical (unpaired) electrons. The standard InChI is InChI=1S/C13H23NO3/c1-10-5-12(11(2)17-10)6-14(4)7-13(3,8-15)9-16/h5,15-16H,6-9H2,1-4H3. The van der Waals surface area contributed by atoms with Gasteiger partial charge in [0.2, 0.25) is 0 Å². The van der Waals surface area contributed by atoms with Gasteiger partial charge >= 0.3 is 0 Å². The first-order valence-electron chi connectivity index (χ1n) is 5.86. The van der Waals surface area contributed by atoms with Gasteiger partial charge in [-0.3, -0.25) is 0 Å². The number of aryl methyl sites for hydroxylation is 2. The van der Waals surface area contributed by atoms with Crippen LogP contribution in [0.2, 0.25) is 0 Å². The molecule has 2 N–H and O–H groups in total. The Bertz CT molecular complexity index is 356. The Hall–Kier alpha value is -0.840. The van der Waals surface area contributed by atoms with Crippen LogP contribution in [0.4, 0.5) is 0 Å². The number of hydrogen-bond acceptors (Lipinski definition) is 4. The summed E-state index contributed by atoms with van der Waals surface area (Å²) < 4.78 is 5.47. The lowest BCUT2D eigenvalue weighted by Gasteiger charge is -2.30. The summed E-state index contributed by atoms with van der Waals surface area (Å²) >= 11 is 0. The van der Waals surface area contributed by atoms with Crippen LogP contribution in [-0.4, -0.2) is 41.9 Å². The third kappa shape index (κ3) is 3.84. The fourth-order valence-corrected chi connectivity index (χ4v) is 1.99. The molecule has 98 valence electrons. The molecule has 0 unspecified atom stereocenters. The van der Waals surface area contributed by atoms with Crippen LogP contribution < -0.4 is 0 Å². The lowest BCUT2D eigenvalue weighted by atomic mass is 9.92. The van der Waals surface area contributed by atoms with E-state index in [0.29, 0.717) is 6.54 Å². The molecule has 0 bridgehead atoms. The van der Waals surface area contributed by atoms with E-state index >= 15 is 0 Å². The van der Waals surface area contributed by atoms with Crippen molar-refractivity contribution >= 4 is 0 Å². The molecule has 0 aliphatic carbocycles. The van der Waals surface area contributed by atoms with Gasteiger partial charge in [-0.2, -0.15) is 0 Å². The molecule has 0 aliphatic rings. The summed E-state index contributed by atoms with van der Waals surface area (Å²) in [7, 11) is 1.98. The second-order valence-corrected chi connectivity index (χ2v) is 5.24. The third-order valence-electron chi connectivity index (χ3n) is 3.00. The third-order valence-corrected chi connectivity index (χ3v) is 3.00. The van der Waals surface area contributed by atoms with Gasteiger partial charge in [0.15, 0.2) is 0 Å². The number of rotatable bonds is 6. The SMILES string of the molecule is Cc1cc(CN(C)CC(C)(CO)CO)c(C)o1. The summed E-state index contributed by atoms with van der Waals surface area (Å²) in [5, 5.41) is 18.5. The molecule has 0 atom stereocenters. The Balaban J connectivity index is 2.61. The van der Waals surface area contributed by atoms with Gasteiger partial charge in [-0.25, -0.2) is 0 Å². The maximum atomic E-state index is 9.25. The highest BCUT2D eigenvalue weighted by atomic mass is 16.3. The quantitative estimate of drug-likeness (QED) is 0.788. The minimum Gasteiger partial charge on any atom is -0.466 e. The first-order valence-corrected chi connectivity index (χ1v) is 5.86. The van der Waals surface area contributed by atoms with E-state index in [1.165, 1.54) is 0 Å². The molecule has 0 fully saturated rings. The number of hydrogen-bond donors (Lipinski definition) is 2. The van der Waals surface area contributed by atoms with Crippen LogP contribution in [0.25, 0.3) is 0 Å². The number of nitrogens with zero attached hydrogens (tertiary/aromatic N) is 1. The highest BCUT2D eigenvalue weighted by molar-refractivity contribution is 5.19. The zero-order valence-electron chi connectivity index (χ0n) is 11.2. The van der Waals surface area contributed by atoms with Crippen molar-refractivity contribution in [3.05, 3.63) is 23.2 Å². The van der Waals surface area contributed by atoms with E-state index in [4.69, 9.17) is 4.42 Å². The van der Waals surface area contributed by atoms with Crippen LogP contribution in [0.1, 0.15) is 24.0 Å². The summed E-state index contributed by atoms with van der Waals surface area (Å²) in [5.41, 5.74) is 0.699. The van der Waals surface area contributed by atoms with Gasteiger partial charge in [-0.15, -0.1) is 0 Å². The lowest BCUT2D eigenvalue weighted by Crippen LogP contribution is -2.38. The summed E-state index contributed by atoms with van der Waals surface area (Å²) in [4.78, 5) is 2.09. The van der Waals surface area contributed by atoms with Gasteiger partial charge < -0.3 is 19.5 Å². The summed E-state index contributed by atoms with van der Waals surface area (Å²) in [5.74, 6) is 1.85. The average Bonchev–Trinajstić information content (AvgIpc) is 2.57. The zero-order valence-corrected chi connectivity index (χ0v) is 11.2. The van der Waals surface area contributed by atoms with E-state index in [9.17, 15) is 10.2 Å². The second-order valence-electron chi connectivity index (χ2n) is 5.24. The Kier molecular flexibility index (Phi) is 4.74. The van der Waals surface area contributed by atoms with Crippen LogP contribution >= 0.6 is 0 Å². The van der Waals surface area contributed by atoms with Crippen molar-refractivity contribution in [3.63, 3.8) is 0 Å². The number of furan rings is 1. The van der Waals surface area contributed by atoms with Crippen molar-refractivity contribution in [1.82, 2.24) is 4.90 Å². The molecule has 1 aromatic rings. The minimum absolute atomic E-state index is 0.0166. The largest absolute Gasteiger partial charge is 0.466 e. The smallest absolute Gasteiger partial charge is 0.105 e. The molecular formula is C13H23NO3. The van der Waals surface area contributed by atoms with Crippen molar-refractivity contribution in [1.29, 1.82) is 0 Å². The Labute approximate surface area is 103 Å². The van der Waals surface area contributed by atoms with Gasteiger partial charge in [0, 0.05) is 24.1 Å². The molecular weight excluding hydrogens is 218 g/mol. The van der Waals surface area contributed by atoms with Crippen LogP contribution in [0.3, 0.4) is 0 Å². The molecule has 4 heteroatoms. The number of aliphatic hydroxyl groups excluding tert-OH is 2. The normalized spacial score (nSPS) is 12.4. The van der Waals surface area contributed by atoms with E-state index in [1.54, 1.807) is 0 Å².